The third kappa shape index (κ3) is 6.07. The molecule has 0 bridgehead atoms. The summed E-state index contributed by atoms with van der Waals surface area (Å²) in [7, 11) is 0. The molecule has 0 saturated heterocycles. The van der Waals surface area contributed by atoms with E-state index in [1.54, 1.807) is 0 Å². The van der Waals surface area contributed by atoms with Crippen LogP contribution in [-0.2, 0) is 11.2 Å². The van der Waals surface area contributed by atoms with Gasteiger partial charge in [-0.25, -0.2) is 0 Å². The molecule has 5 nitrogen and oxygen atoms in total. The number of hydrogen-bond acceptors (Lipinski definition) is 4. The van der Waals surface area contributed by atoms with Gasteiger partial charge in [-0.1, -0.05) is 12.1 Å². The van der Waals surface area contributed by atoms with E-state index in [1.807, 2.05) is 13.8 Å². The Balaban J connectivity index is 0.00000324. The van der Waals surface area contributed by atoms with Gasteiger partial charge in [0.2, 0.25) is 5.91 Å². The first-order chi connectivity index (χ1) is 8.54. The lowest BCUT2D eigenvalue weighted by Gasteiger charge is -2.13. The fourth-order valence-corrected chi connectivity index (χ4v) is 1.87. The molecular formula is C13H24ClN3O2. The normalized spacial score (nSPS) is 11.8. The van der Waals surface area contributed by atoms with E-state index < -0.39 is 0 Å². The first kappa shape index (κ1) is 17.9. The van der Waals surface area contributed by atoms with Gasteiger partial charge in [-0.2, -0.15) is 0 Å². The van der Waals surface area contributed by atoms with Crippen molar-refractivity contribution < 1.29 is 9.32 Å². The summed E-state index contributed by atoms with van der Waals surface area (Å²) in [6.07, 6.45) is 1.16. The van der Waals surface area contributed by atoms with Gasteiger partial charge < -0.3 is 15.2 Å². The molecule has 1 aromatic heterocycles. The van der Waals surface area contributed by atoms with Gasteiger partial charge in [0.05, 0.1) is 5.69 Å². The number of rotatable bonds is 7. The molecule has 0 aliphatic heterocycles. The highest BCUT2D eigenvalue weighted by Crippen LogP contribution is 2.13. The molecule has 2 N–H and O–H groups in total. The van der Waals surface area contributed by atoms with Crippen molar-refractivity contribution in [2.24, 2.45) is 0 Å². The van der Waals surface area contributed by atoms with Gasteiger partial charge in [0.25, 0.3) is 0 Å². The Morgan fingerprint density at radius 1 is 1.42 bits per heavy atom. The number of halogens is 1. The standard InChI is InChI=1S/C13H23N3O2.ClH/c1-5-14-9(2)8-15-13(17)7-6-12-10(3)16-18-11(12)4;/h9,14H,5-8H2,1-4H3,(H,15,17);1H/t9-;/m1./s1. The number of carbonyl (C=O) groups excluding carboxylic acids is 1. The number of amides is 1. The average molecular weight is 290 g/mol. The van der Waals surface area contributed by atoms with Gasteiger partial charge in [-0.15, -0.1) is 12.4 Å². The monoisotopic (exact) mass is 289 g/mol. The summed E-state index contributed by atoms with van der Waals surface area (Å²) in [6, 6.07) is 0.304. The van der Waals surface area contributed by atoms with Crippen LogP contribution in [-0.4, -0.2) is 30.2 Å². The number of hydrogen-bond donors (Lipinski definition) is 2. The second-order valence-electron chi connectivity index (χ2n) is 4.57. The SMILES string of the molecule is CCN[C@H](C)CNC(=O)CCc1c(C)noc1C.Cl. The van der Waals surface area contributed by atoms with E-state index in [9.17, 15) is 4.79 Å². The predicted octanol–water partition coefficient (Wildman–Crippen LogP) is 1.76. The lowest BCUT2D eigenvalue weighted by atomic mass is 10.1. The van der Waals surface area contributed by atoms with Crippen molar-refractivity contribution in [3.05, 3.63) is 17.0 Å². The van der Waals surface area contributed by atoms with Crippen LogP contribution in [0.3, 0.4) is 0 Å². The quantitative estimate of drug-likeness (QED) is 0.803. The van der Waals surface area contributed by atoms with Crippen molar-refractivity contribution in [2.75, 3.05) is 13.1 Å². The van der Waals surface area contributed by atoms with E-state index in [0.29, 0.717) is 25.4 Å². The molecule has 1 aromatic rings. The topological polar surface area (TPSA) is 67.2 Å². The van der Waals surface area contributed by atoms with Crippen LogP contribution >= 0.6 is 12.4 Å². The Morgan fingerprint density at radius 3 is 2.63 bits per heavy atom. The fraction of sp³-hybridized carbons (Fsp3) is 0.692. The van der Waals surface area contributed by atoms with Crippen LogP contribution in [0.15, 0.2) is 4.52 Å². The van der Waals surface area contributed by atoms with Crippen LogP contribution in [0.5, 0.6) is 0 Å². The first-order valence-corrected chi connectivity index (χ1v) is 6.46. The van der Waals surface area contributed by atoms with E-state index >= 15 is 0 Å². The largest absolute Gasteiger partial charge is 0.361 e. The third-order valence-corrected chi connectivity index (χ3v) is 2.94. The molecule has 0 aliphatic carbocycles. The maximum atomic E-state index is 11.7. The first-order valence-electron chi connectivity index (χ1n) is 6.46. The van der Waals surface area contributed by atoms with Crippen LogP contribution in [0.4, 0.5) is 0 Å². The van der Waals surface area contributed by atoms with E-state index in [-0.39, 0.29) is 18.3 Å². The minimum atomic E-state index is 0. The minimum absolute atomic E-state index is 0. The van der Waals surface area contributed by atoms with Gasteiger partial charge in [-0.05, 0) is 33.7 Å². The van der Waals surface area contributed by atoms with Crippen molar-refractivity contribution in [1.82, 2.24) is 15.8 Å². The highest BCUT2D eigenvalue weighted by Gasteiger charge is 2.11. The Bertz CT molecular complexity index is 374. The minimum Gasteiger partial charge on any atom is -0.361 e. The van der Waals surface area contributed by atoms with Crippen molar-refractivity contribution in [3.8, 4) is 0 Å². The number of nitrogens with zero attached hydrogens (tertiary/aromatic N) is 1. The molecule has 0 saturated carbocycles. The smallest absolute Gasteiger partial charge is 0.220 e. The fourth-order valence-electron chi connectivity index (χ4n) is 1.87. The lowest BCUT2D eigenvalue weighted by molar-refractivity contribution is -0.121. The van der Waals surface area contributed by atoms with E-state index in [2.05, 4.69) is 29.6 Å². The van der Waals surface area contributed by atoms with Crippen LogP contribution in [0.25, 0.3) is 0 Å². The van der Waals surface area contributed by atoms with Gasteiger partial charge >= 0.3 is 0 Å². The summed E-state index contributed by atoms with van der Waals surface area (Å²) in [5, 5.41) is 10.0. The summed E-state index contributed by atoms with van der Waals surface area (Å²) in [6.45, 7) is 9.45. The summed E-state index contributed by atoms with van der Waals surface area (Å²) < 4.78 is 5.07. The molecule has 6 heteroatoms. The van der Waals surface area contributed by atoms with Gasteiger partial charge in [-0.3, -0.25) is 4.79 Å². The summed E-state index contributed by atoms with van der Waals surface area (Å²) in [4.78, 5) is 11.7. The number of nitrogens with one attached hydrogen (secondary N) is 2. The van der Waals surface area contributed by atoms with Crippen LogP contribution < -0.4 is 10.6 Å². The highest BCUT2D eigenvalue weighted by molar-refractivity contribution is 5.85. The van der Waals surface area contributed by atoms with Gasteiger partial charge in [0.15, 0.2) is 0 Å². The predicted molar refractivity (Wildman–Crippen MR) is 77.7 cm³/mol. The molecule has 1 rings (SSSR count). The summed E-state index contributed by atoms with van der Waals surface area (Å²) >= 11 is 0. The number of carbonyl (C=O) groups is 1. The van der Waals surface area contributed by atoms with E-state index in [4.69, 9.17) is 4.52 Å². The van der Waals surface area contributed by atoms with Crippen molar-refractivity contribution in [1.29, 1.82) is 0 Å². The Kier molecular flexibility index (Phi) is 8.43. The summed E-state index contributed by atoms with van der Waals surface area (Å²) in [5.74, 6) is 0.876. The van der Waals surface area contributed by atoms with Crippen molar-refractivity contribution in [3.63, 3.8) is 0 Å². The number of aromatic nitrogens is 1. The molecule has 0 fully saturated rings. The van der Waals surface area contributed by atoms with Gasteiger partial charge in [0, 0.05) is 24.6 Å². The molecule has 19 heavy (non-hydrogen) atoms. The van der Waals surface area contributed by atoms with Crippen molar-refractivity contribution >= 4 is 18.3 Å². The Labute approximate surface area is 120 Å². The highest BCUT2D eigenvalue weighted by atomic mass is 35.5. The van der Waals surface area contributed by atoms with Crippen molar-refractivity contribution in [2.45, 2.75) is 46.6 Å². The zero-order valence-corrected chi connectivity index (χ0v) is 12.9. The zero-order chi connectivity index (χ0) is 13.5. The zero-order valence-electron chi connectivity index (χ0n) is 12.1. The molecule has 0 unspecified atom stereocenters. The Morgan fingerprint density at radius 2 is 2.11 bits per heavy atom. The molecule has 0 aliphatic rings. The molecule has 110 valence electrons. The maximum absolute atomic E-state index is 11.7. The number of aryl methyl sites for hydroxylation is 2. The molecule has 1 amide bonds. The van der Waals surface area contributed by atoms with Crippen LogP contribution in [0, 0.1) is 13.8 Å². The third-order valence-electron chi connectivity index (χ3n) is 2.94. The number of likely N-dealkylation sites (N-methyl/N-ethyl adjacent to an activating group) is 1. The average Bonchev–Trinajstić information content (AvgIpc) is 2.64. The van der Waals surface area contributed by atoms with E-state index in [0.717, 1.165) is 23.6 Å². The molecule has 0 radical (unpaired) electrons. The second kappa shape index (κ2) is 8.93. The van der Waals surface area contributed by atoms with Gasteiger partial charge in [0.1, 0.15) is 5.76 Å². The lowest BCUT2D eigenvalue weighted by Crippen LogP contribution is -2.38. The molecule has 1 heterocycles. The van der Waals surface area contributed by atoms with Crippen LogP contribution in [0.2, 0.25) is 0 Å². The van der Waals surface area contributed by atoms with Crippen LogP contribution in [0.1, 0.15) is 37.3 Å². The maximum Gasteiger partial charge on any atom is 0.220 e. The molecule has 1 atom stereocenters. The molecular weight excluding hydrogens is 266 g/mol. The molecule has 0 spiro atoms. The Hall–Kier alpha value is -1.07. The molecule has 0 aromatic carbocycles. The second-order valence-corrected chi connectivity index (χ2v) is 4.57. The summed E-state index contributed by atoms with van der Waals surface area (Å²) in [5.41, 5.74) is 1.92. The van der Waals surface area contributed by atoms with E-state index in [1.165, 1.54) is 0 Å².